The summed E-state index contributed by atoms with van der Waals surface area (Å²) < 4.78 is 9.69. The van der Waals surface area contributed by atoms with E-state index in [1.807, 2.05) is 174 Å². The van der Waals surface area contributed by atoms with Crippen molar-refractivity contribution in [1.29, 1.82) is 0 Å². The van der Waals surface area contributed by atoms with Crippen molar-refractivity contribution in [3.8, 4) is 0 Å². The zero-order valence-electron chi connectivity index (χ0n) is 66.1. The van der Waals surface area contributed by atoms with E-state index in [9.17, 15) is 38.4 Å². The van der Waals surface area contributed by atoms with Crippen molar-refractivity contribution >= 4 is 99.6 Å². The van der Waals surface area contributed by atoms with Gasteiger partial charge in [-0.2, -0.15) is 0 Å². The van der Waals surface area contributed by atoms with Crippen molar-refractivity contribution < 1.29 is 47.8 Å². The fourth-order valence-corrected chi connectivity index (χ4v) is 8.16. The smallest absolute Gasteiger partial charge is 0.341 e. The second-order valence-electron chi connectivity index (χ2n) is 27.2. The molecule has 0 radical (unpaired) electrons. The maximum absolute atomic E-state index is 11.7. The first-order valence-electron chi connectivity index (χ1n) is 35.2. The Hall–Kier alpha value is -10.0. The molecule has 7 aromatic heterocycles. The average molecular weight is 1480 g/mol. The van der Waals surface area contributed by atoms with Crippen LogP contribution >= 0.6 is 11.6 Å². The molecule has 8 rings (SSSR count). The van der Waals surface area contributed by atoms with Gasteiger partial charge in [0.25, 0.3) is 0 Å². The topological polar surface area (TPSA) is 342 Å². The summed E-state index contributed by atoms with van der Waals surface area (Å²) in [6, 6.07) is 22.6. The van der Waals surface area contributed by atoms with Crippen molar-refractivity contribution in [2.75, 3.05) is 51.4 Å². The van der Waals surface area contributed by atoms with E-state index >= 15 is 0 Å². The van der Waals surface area contributed by atoms with Crippen LogP contribution in [0.2, 0.25) is 5.02 Å². The number of halogens is 1. The predicted octanol–water partition coefficient (Wildman–Crippen LogP) is 16.3. The van der Waals surface area contributed by atoms with Gasteiger partial charge in [-0.15, -0.1) is 0 Å². The van der Waals surface area contributed by atoms with E-state index < -0.39 is 5.97 Å². The SMILES string of the molecule is C.CCc1ccc(C)nc1NC(=O)C(C)C.COC(=O)c1ccc(C)nc1NC(=O)C(C)C.COCc1ccc(C)nc1NC(=O)C(C)C.Cc1ccc(C)c(NC(=O)C(C)C)n1.Cc1ccc(C2CC2)c(NC(=O)C(C)C)n1.Cc1ccc(Cl)c(NC(=O)C(C)C)n1.Cc1cncc(NC(=O)C(C)C)n1. The average Bonchev–Trinajstić information content (AvgIpc) is 1.63. The van der Waals surface area contributed by atoms with Crippen LogP contribution in [0.5, 0.6) is 0 Å². The summed E-state index contributed by atoms with van der Waals surface area (Å²) in [6.07, 6.45) is 6.49. The lowest BCUT2D eigenvalue weighted by Gasteiger charge is -2.11. The quantitative estimate of drug-likeness (QED) is 0.0370. The van der Waals surface area contributed by atoms with Crippen LogP contribution in [0.3, 0.4) is 0 Å². The van der Waals surface area contributed by atoms with Crippen molar-refractivity contribution in [3.63, 3.8) is 0 Å². The molecule has 0 aliphatic heterocycles. The van der Waals surface area contributed by atoms with Crippen molar-refractivity contribution in [2.45, 2.75) is 198 Å². The highest BCUT2D eigenvalue weighted by Gasteiger charge is 2.28. The first-order chi connectivity index (χ1) is 49.2. The lowest BCUT2D eigenvalue weighted by Crippen LogP contribution is -2.21. The number of pyridine rings is 6. The van der Waals surface area contributed by atoms with Crippen molar-refractivity contribution in [2.24, 2.45) is 41.4 Å². The second-order valence-corrected chi connectivity index (χ2v) is 27.6. The maximum atomic E-state index is 11.7. The Bertz CT molecular complexity index is 3950. The van der Waals surface area contributed by atoms with E-state index in [-0.39, 0.29) is 102 Å². The minimum atomic E-state index is -0.517. The van der Waals surface area contributed by atoms with Crippen LogP contribution in [0.15, 0.2) is 85.2 Å². The van der Waals surface area contributed by atoms with E-state index in [0.717, 1.165) is 68.8 Å². The Labute approximate surface area is 633 Å². The van der Waals surface area contributed by atoms with Crippen LogP contribution in [0.25, 0.3) is 0 Å². The van der Waals surface area contributed by atoms with Gasteiger partial charge in [-0.25, -0.2) is 39.7 Å². The molecule has 1 aliphatic carbocycles. The number of anilines is 7. The fraction of sp³-hybridized carbons (Fsp3) is 0.475. The molecule has 7 aromatic rings. The van der Waals surface area contributed by atoms with Crippen LogP contribution in [0.1, 0.15) is 203 Å². The maximum Gasteiger partial charge on any atom is 0.341 e. The van der Waals surface area contributed by atoms with Gasteiger partial charge >= 0.3 is 5.97 Å². The Morgan fingerprint density at radius 3 is 1.16 bits per heavy atom. The Morgan fingerprint density at radius 1 is 0.396 bits per heavy atom. The van der Waals surface area contributed by atoms with E-state index in [4.69, 9.17) is 16.3 Å². The van der Waals surface area contributed by atoms with Crippen LogP contribution in [0.4, 0.5) is 40.7 Å². The number of hydrogen-bond donors (Lipinski definition) is 7. The van der Waals surface area contributed by atoms with Crippen molar-refractivity contribution in [3.05, 3.63) is 158 Å². The van der Waals surface area contributed by atoms with Crippen LogP contribution < -0.4 is 37.2 Å². The lowest BCUT2D eigenvalue weighted by atomic mass is 10.1. The van der Waals surface area contributed by atoms with Crippen molar-refractivity contribution in [1.82, 2.24) is 39.9 Å². The van der Waals surface area contributed by atoms with Gasteiger partial charge in [0.2, 0.25) is 41.4 Å². The van der Waals surface area contributed by atoms with Crippen LogP contribution in [-0.2, 0) is 56.1 Å². The van der Waals surface area contributed by atoms with E-state index in [0.29, 0.717) is 46.6 Å². The highest BCUT2D eigenvalue weighted by molar-refractivity contribution is 6.33. The summed E-state index contributed by atoms with van der Waals surface area (Å²) in [5, 5.41) is 19.8. The molecule has 0 spiro atoms. The molecule has 0 atom stereocenters. The Kier molecular flexibility index (Phi) is 42.1. The zero-order valence-corrected chi connectivity index (χ0v) is 66.8. The van der Waals surface area contributed by atoms with Gasteiger partial charge in [-0.05, 0) is 146 Å². The molecule has 0 unspecified atom stereocenters. The first kappa shape index (κ1) is 94.0. The lowest BCUT2D eigenvalue weighted by molar-refractivity contribution is -0.119. The molecular weight excluding hydrogens is 1370 g/mol. The number of rotatable bonds is 19. The van der Waals surface area contributed by atoms with Gasteiger partial charge in [-0.3, -0.25) is 38.5 Å². The molecule has 0 bridgehead atoms. The standard InChI is InChI=1S/C13H18N2O.C12H16N2O3.C12H18N2O2.C12H18N2O.C11H16N2O.C10H13ClN2O.C9H13N3O.CH4/c1-8(2)13(16)15-12-11(10-5-6-10)7-4-9(3)14-12;1-7(2)11(15)14-10-9(12(16)17-4)6-5-8(3)13-10;1-8(2)12(15)14-11-10(7-16-4)6-5-9(3)13-11;1-5-10-7-6-9(4)13-11(10)14-12(15)8(2)3;1-7(2)11(14)13-10-8(3)5-6-9(4)12-10;1-6(2)10(14)13-9-8(11)5-4-7(3)12-9;1-6(2)9(13)12-8-5-10-4-7(3)11-8;/h4,7-8,10H,5-6H2,1-3H3,(H,14,15,16);5-7H,1-4H3,(H,13,14,15);5-6,8H,7H2,1-4H3,(H,13,14,15);6-8H,5H2,1-4H3,(H,13,14,15);5-7H,1-4H3,(H,12,13,14);4-6H,1-3H3,(H,12,13,14);4-6H,1-3H3,(H,11,12,13);1H4. The number of hydrogen-bond acceptors (Lipinski definition) is 18. The number of nitrogens with zero attached hydrogens (tertiary/aromatic N) is 8. The number of carbonyl (C=O) groups excluding carboxylic acids is 8. The number of ether oxygens (including phenoxy) is 2. The highest BCUT2D eigenvalue weighted by atomic mass is 35.5. The summed E-state index contributed by atoms with van der Waals surface area (Å²) in [7, 11) is 2.91. The molecule has 578 valence electrons. The van der Waals surface area contributed by atoms with Gasteiger partial charge < -0.3 is 46.7 Å². The van der Waals surface area contributed by atoms with Crippen LogP contribution in [-0.4, -0.2) is 101 Å². The molecule has 7 N–H and O–H groups in total. The molecular formula is C80H116ClN15O10. The molecule has 25 nitrogen and oxygen atoms in total. The number of amides is 7. The Balaban J connectivity index is 0.000000618. The van der Waals surface area contributed by atoms with E-state index in [2.05, 4.69) is 94.8 Å². The Morgan fingerprint density at radius 2 is 0.736 bits per heavy atom. The molecule has 1 saturated carbocycles. The van der Waals surface area contributed by atoms with E-state index in [1.54, 1.807) is 58.3 Å². The minimum absolute atomic E-state index is 0. The second kappa shape index (κ2) is 47.4. The number of nitrogens with one attached hydrogen (secondary N) is 7. The number of aryl methyl sites for hydroxylation is 9. The van der Waals surface area contributed by atoms with Crippen LogP contribution in [0, 0.1) is 96.8 Å². The normalized spacial score (nSPS) is 11.0. The molecule has 0 saturated heterocycles. The minimum Gasteiger partial charge on any atom is -0.465 e. The monoisotopic (exact) mass is 1480 g/mol. The highest BCUT2D eigenvalue weighted by Crippen LogP contribution is 2.43. The van der Waals surface area contributed by atoms with Gasteiger partial charge in [0.1, 0.15) is 34.7 Å². The number of methoxy groups -OCH3 is 2. The predicted molar refractivity (Wildman–Crippen MR) is 425 cm³/mol. The number of esters is 1. The molecule has 0 aromatic carbocycles. The molecule has 1 aliphatic rings. The van der Waals surface area contributed by atoms with Gasteiger partial charge in [0.15, 0.2) is 11.6 Å². The third-order valence-corrected chi connectivity index (χ3v) is 15.1. The summed E-state index contributed by atoms with van der Waals surface area (Å²) in [5.74, 6) is 3.36. The summed E-state index contributed by atoms with van der Waals surface area (Å²) in [5.41, 5.74) is 10.4. The number of aromatic nitrogens is 8. The largest absolute Gasteiger partial charge is 0.465 e. The molecule has 1 fully saturated rings. The van der Waals surface area contributed by atoms with E-state index in [1.165, 1.54) is 31.7 Å². The third kappa shape index (κ3) is 35.2. The van der Waals surface area contributed by atoms with Gasteiger partial charge in [0.05, 0.1) is 30.6 Å². The molecule has 7 amide bonds. The van der Waals surface area contributed by atoms with Gasteiger partial charge in [-0.1, -0.05) is 147 Å². The molecule has 7 heterocycles. The van der Waals surface area contributed by atoms with Gasteiger partial charge in [0, 0.05) is 94.5 Å². The fourth-order valence-electron chi connectivity index (χ4n) is 8.00. The molecule has 106 heavy (non-hydrogen) atoms. The number of carbonyl (C=O) groups is 8. The summed E-state index contributed by atoms with van der Waals surface area (Å²) in [4.78, 5) is 126. The first-order valence-corrected chi connectivity index (χ1v) is 35.6. The zero-order chi connectivity index (χ0) is 79.5. The molecule has 26 heteroatoms. The summed E-state index contributed by atoms with van der Waals surface area (Å²) in [6.45, 7) is 43.3. The third-order valence-electron chi connectivity index (χ3n) is 14.8. The summed E-state index contributed by atoms with van der Waals surface area (Å²) >= 11 is 5.87.